The van der Waals surface area contributed by atoms with Crippen LogP contribution in [0.5, 0.6) is 5.75 Å². The Labute approximate surface area is 229 Å². The monoisotopic (exact) mass is 555 g/mol. The van der Waals surface area contributed by atoms with Crippen molar-refractivity contribution >= 4 is 46.3 Å². The molecule has 3 aromatic carbocycles. The summed E-state index contributed by atoms with van der Waals surface area (Å²) in [6, 6.07) is 20.2. The fourth-order valence-corrected chi connectivity index (χ4v) is 5.78. The minimum Gasteiger partial charge on any atom is -0.496 e. The van der Waals surface area contributed by atoms with Crippen molar-refractivity contribution in [1.82, 2.24) is 0 Å². The molecule has 1 aliphatic carbocycles. The van der Waals surface area contributed by atoms with Gasteiger partial charge in [0.15, 0.2) is 0 Å². The molecule has 4 aromatic rings. The zero-order chi connectivity index (χ0) is 26.1. The second-order valence-electron chi connectivity index (χ2n) is 8.94. The van der Waals surface area contributed by atoms with Gasteiger partial charge in [-0.2, -0.15) is 0 Å². The Morgan fingerprint density at radius 2 is 1.76 bits per heavy atom. The number of thiophene rings is 1. The highest BCUT2D eigenvalue weighted by Gasteiger charge is 2.23. The molecule has 1 heterocycles. The molecule has 4 nitrogen and oxygen atoms in total. The summed E-state index contributed by atoms with van der Waals surface area (Å²) in [6.45, 7) is 1.67. The number of hydrogen-bond acceptors (Lipinski definition) is 4. The van der Waals surface area contributed by atoms with Crippen LogP contribution in [0.3, 0.4) is 0 Å². The third-order valence-electron chi connectivity index (χ3n) is 6.36. The molecular formula is C29H24Cl2FNO3S. The highest BCUT2D eigenvalue weighted by atomic mass is 35.5. The number of carbonyl (C=O) groups excluding carboxylic acids is 1. The van der Waals surface area contributed by atoms with Gasteiger partial charge in [-0.1, -0.05) is 65.7 Å². The lowest BCUT2D eigenvalue weighted by molar-refractivity contribution is 0.121. The second kappa shape index (κ2) is 10.7. The van der Waals surface area contributed by atoms with Crippen LogP contribution in [0.2, 0.25) is 9.36 Å². The lowest BCUT2D eigenvalue weighted by atomic mass is 9.99. The van der Waals surface area contributed by atoms with E-state index >= 15 is 0 Å². The molecule has 1 fully saturated rings. The molecule has 1 amide bonds. The molecule has 0 unspecified atom stereocenters. The molecule has 0 radical (unpaired) electrons. The summed E-state index contributed by atoms with van der Waals surface area (Å²) < 4.78 is 25.1. The highest BCUT2D eigenvalue weighted by molar-refractivity contribution is 7.20. The Hall–Kier alpha value is -3.06. The number of rotatable bonds is 7. The summed E-state index contributed by atoms with van der Waals surface area (Å²) in [5, 5.41) is 2.96. The predicted octanol–water partition coefficient (Wildman–Crippen LogP) is 9.72. The minimum absolute atomic E-state index is 0.189. The third kappa shape index (κ3) is 5.77. The molecule has 0 spiro atoms. The van der Waals surface area contributed by atoms with Crippen molar-refractivity contribution in [2.24, 2.45) is 0 Å². The van der Waals surface area contributed by atoms with Gasteiger partial charge in [-0.05, 0) is 66.6 Å². The maximum atomic E-state index is 13.4. The molecule has 0 bridgehead atoms. The maximum absolute atomic E-state index is 13.4. The van der Waals surface area contributed by atoms with Gasteiger partial charge in [0.05, 0.1) is 27.0 Å². The van der Waals surface area contributed by atoms with E-state index < -0.39 is 18.0 Å². The molecule has 37 heavy (non-hydrogen) atoms. The van der Waals surface area contributed by atoms with Crippen molar-refractivity contribution < 1.29 is 18.7 Å². The van der Waals surface area contributed by atoms with Crippen molar-refractivity contribution in [3.8, 4) is 27.3 Å². The summed E-state index contributed by atoms with van der Waals surface area (Å²) in [6.07, 6.45) is 1.17. The van der Waals surface area contributed by atoms with Gasteiger partial charge in [-0.3, -0.25) is 5.32 Å². The summed E-state index contributed by atoms with van der Waals surface area (Å²) in [4.78, 5) is 13.5. The normalized spacial score (nSPS) is 13.8. The van der Waals surface area contributed by atoms with Crippen LogP contribution in [0, 0.1) is 5.82 Å². The quantitative estimate of drug-likeness (QED) is 0.247. The zero-order valence-electron chi connectivity index (χ0n) is 20.2. The minimum atomic E-state index is -0.684. The Kier molecular flexibility index (Phi) is 7.43. The van der Waals surface area contributed by atoms with Gasteiger partial charge in [-0.25, -0.2) is 9.18 Å². The van der Waals surface area contributed by atoms with Crippen LogP contribution in [0.4, 0.5) is 14.9 Å². The van der Waals surface area contributed by atoms with E-state index in [1.54, 1.807) is 20.1 Å². The number of benzene rings is 3. The number of nitrogens with one attached hydrogen (secondary N) is 1. The average Bonchev–Trinajstić information content (AvgIpc) is 3.66. The van der Waals surface area contributed by atoms with Crippen LogP contribution in [-0.4, -0.2) is 13.2 Å². The fraction of sp³-hybridized carbons (Fsp3) is 0.207. The van der Waals surface area contributed by atoms with Gasteiger partial charge in [0.2, 0.25) is 0 Å². The number of anilines is 1. The van der Waals surface area contributed by atoms with E-state index in [0.29, 0.717) is 27.3 Å². The maximum Gasteiger partial charge on any atom is 0.412 e. The summed E-state index contributed by atoms with van der Waals surface area (Å²) >= 11 is 13.8. The van der Waals surface area contributed by atoms with Crippen LogP contribution < -0.4 is 10.1 Å². The Bertz CT molecular complexity index is 1450. The van der Waals surface area contributed by atoms with Crippen LogP contribution in [0.15, 0.2) is 66.7 Å². The number of halogens is 3. The topological polar surface area (TPSA) is 47.6 Å². The molecule has 5 rings (SSSR count). The van der Waals surface area contributed by atoms with Gasteiger partial charge >= 0.3 is 6.09 Å². The first-order valence-electron chi connectivity index (χ1n) is 11.8. The van der Waals surface area contributed by atoms with Crippen LogP contribution in [0.25, 0.3) is 21.6 Å². The lowest BCUT2D eigenvalue weighted by Crippen LogP contribution is -2.16. The van der Waals surface area contributed by atoms with Crippen LogP contribution >= 0.6 is 34.5 Å². The van der Waals surface area contributed by atoms with Crippen molar-refractivity contribution in [2.75, 3.05) is 12.4 Å². The van der Waals surface area contributed by atoms with E-state index in [4.69, 9.17) is 32.7 Å². The molecule has 1 N–H and O–H groups in total. The number of amides is 1. The molecule has 190 valence electrons. The molecule has 8 heteroatoms. The average molecular weight is 556 g/mol. The van der Waals surface area contributed by atoms with Gasteiger partial charge in [-0.15, -0.1) is 11.3 Å². The number of ether oxygens (including phenoxy) is 2. The molecule has 1 atom stereocenters. The van der Waals surface area contributed by atoms with Crippen LogP contribution in [0.1, 0.15) is 42.9 Å². The zero-order valence-corrected chi connectivity index (χ0v) is 22.5. The first kappa shape index (κ1) is 25.6. The van der Waals surface area contributed by atoms with E-state index in [2.05, 4.69) is 29.6 Å². The van der Waals surface area contributed by atoms with Gasteiger partial charge in [0, 0.05) is 11.1 Å². The van der Waals surface area contributed by atoms with Gasteiger partial charge < -0.3 is 9.47 Å². The molecule has 0 aliphatic heterocycles. The molecule has 1 aromatic heterocycles. The number of methoxy groups -OCH3 is 1. The van der Waals surface area contributed by atoms with Gasteiger partial charge in [0.1, 0.15) is 17.7 Å². The second-order valence-corrected chi connectivity index (χ2v) is 11.0. The number of hydrogen-bond donors (Lipinski definition) is 1. The molecule has 0 saturated heterocycles. The van der Waals surface area contributed by atoms with E-state index in [9.17, 15) is 9.18 Å². The first-order chi connectivity index (χ1) is 17.8. The summed E-state index contributed by atoms with van der Waals surface area (Å²) in [7, 11) is 1.64. The fourth-order valence-electron chi connectivity index (χ4n) is 4.29. The lowest BCUT2D eigenvalue weighted by Gasteiger charge is -2.16. The molecule has 1 saturated carbocycles. The van der Waals surface area contributed by atoms with Crippen molar-refractivity contribution in [2.45, 2.75) is 31.8 Å². The third-order valence-corrected chi connectivity index (χ3v) is 8.00. The SMILES string of the molecule is COc1cc(-c2sc(Cl)cc2NC(=O)O[C@H](C)c2ccc(F)cc2Cl)ccc1-c1ccc(C2CC2)cc1. The summed E-state index contributed by atoms with van der Waals surface area (Å²) in [5.41, 5.74) is 5.30. The predicted molar refractivity (Wildman–Crippen MR) is 149 cm³/mol. The van der Waals surface area contributed by atoms with Crippen LogP contribution in [-0.2, 0) is 4.74 Å². The van der Waals surface area contributed by atoms with E-state index in [1.165, 1.54) is 47.9 Å². The first-order valence-corrected chi connectivity index (χ1v) is 13.4. The Morgan fingerprint density at radius 1 is 1.03 bits per heavy atom. The number of carbonyl (C=O) groups is 1. The summed E-state index contributed by atoms with van der Waals surface area (Å²) in [5.74, 6) is 0.962. The highest BCUT2D eigenvalue weighted by Crippen LogP contribution is 2.44. The Balaban J connectivity index is 1.36. The van der Waals surface area contributed by atoms with E-state index in [1.807, 2.05) is 18.2 Å². The molecule has 1 aliphatic rings. The molecular weight excluding hydrogens is 532 g/mol. The van der Waals surface area contributed by atoms with E-state index in [0.717, 1.165) is 21.6 Å². The van der Waals surface area contributed by atoms with E-state index in [-0.39, 0.29) is 5.02 Å². The van der Waals surface area contributed by atoms with Crippen molar-refractivity contribution in [3.05, 3.63) is 93.0 Å². The largest absolute Gasteiger partial charge is 0.496 e. The van der Waals surface area contributed by atoms with Crippen molar-refractivity contribution in [3.63, 3.8) is 0 Å². The van der Waals surface area contributed by atoms with Gasteiger partial charge in [0.25, 0.3) is 0 Å². The van der Waals surface area contributed by atoms with Crippen molar-refractivity contribution in [1.29, 1.82) is 0 Å². The Morgan fingerprint density at radius 3 is 2.43 bits per heavy atom. The standard InChI is InChI=1S/C29H24Cl2FNO3S/c1-16(22-12-10-21(32)14-24(22)30)36-29(34)33-25-15-27(31)37-28(25)20-9-11-23(26(13-20)35-2)19-7-5-18(6-8-19)17-3-4-17/h5-17H,3-4H2,1-2H3,(H,33,34)/t16-/m1/s1. The smallest absolute Gasteiger partial charge is 0.412 e.